The summed E-state index contributed by atoms with van der Waals surface area (Å²) in [5, 5.41) is 6.01. The Morgan fingerprint density at radius 1 is 0.792 bits per heavy atom. The van der Waals surface area contributed by atoms with Gasteiger partial charge in [-0.1, -0.05) is 59.6 Å². The quantitative estimate of drug-likeness (QED) is 0.439. The fraction of sp³-hybridized carbons (Fsp3) is 0.0500. The van der Waals surface area contributed by atoms with E-state index in [1.807, 2.05) is 79.7 Å². The van der Waals surface area contributed by atoms with Crippen molar-refractivity contribution >= 4 is 34.6 Å². The van der Waals surface area contributed by atoms with Crippen LogP contribution in [0.5, 0.6) is 0 Å². The maximum absolute atomic E-state index is 6.00. The molecule has 0 amide bonds. The molecule has 1 N–H and O–H groups in total. The van der Waals surface area contributed by atoms with Crippen molar-refractivity contribution in [1.82, 2.24) is 0 Å². The second-order valence-electron chi connectivity index (χ2n) is 5.46. The van der Waals surface area contributed by atoms with Gasteiger partial charge in [0.2, 0.25) is 0 Å². The van der Waals surface area contributed by atoms with Crippen molar-refractivity contribution in [2.45, 2.75) is 6.92 Å². The number of halogens is 2. The zero-order chi connectivity index (χ0) is 16.9. The van der Waals surface area contributed by atoms with Gasteiger partial charge in [0.25, 0.3) is 0 Å². The molecule has 3 aromatic carbocycles. The van der Waals surface area contributed by atoms with E-state index in [-0.39, 0.29) is 0 Å². The molecule has 3 rings (SSSR count). The Bertz CT molecular complexity index is 806. The minimum atomic E-state index is 0.695. The molecular formula is C20H16Cl2N2. The summed E-state index contributed by atoms with van der Waals surface area (Å²) in [4.78, 5) is 0. The van der Waals surface area contributed by atoms with Crippen LogP contribution in [-0.2, 0) is 0 Å². The Kier molecular flexibility index (Phi) is 5.19. The summed E-state index contributed by atoms with van der Waals surface area (Å²) in [6.45, 7) is 2.05. The molecule has 0 saturated carbocycles. The highest BCUT2D eigenvalue weighted by Crippen LogP contribution is 2.18. The van der Waals surface area contributed by atoms with Crippen LogP contribution in [0.4, 0.5) is 5.69 Å². The van der Waals surface area contributed by atoms with Crippen molar-refractivity contribution in [2.24, 2.45) is 5.10 Å². The van der Waals surface area contributed by atoms with Crippen molar-refractivity contribution in [3.05, 3.63) is 99.5 Å². The van der Waals surface area contributed by atoms with E-state index in [1.54, 1.807) is 0 Å². The Labute approximate surface area is 151 Å². The molecule has 0 atom stereocenters. The average molecular weight is 355 g/mol. The minimum absolute atomic E-state index is 0.695. The predicted molar refractivity (Wildman–Crippen MR) is 103 cm³/mol. The largest absolute Gasteiger partial charge is 0.278 e. The van der Waals surface area contributed by atoms with Gasteiger partial charge in [-0.2, -0.15) is 5.10 Å². The number of nitrogens with zero attached hydrogens (tertiary/aromatic N) is 1. The van der Waals surface area contributed by atoms with E-state index in [0.29, 0.717) is 10.0 Å². The second-order valence-corrected chi connectivity index (χ2v) is 6.33. The molecule has 0 radical (unpaired) electrons. The zero-order valence-corrected chi connectivity index (χ0v) is 14.6. The van der Waals surface area contributed by atoms with E-state index >= 15 is 0 Å². The van der Waals surface area contributed by atoms with Crippen LogP contribution in [0.15, 0.2) is 77.9 Å². The zero-order valence-electron chi connectivity index (χ0n) is 13.1. The molecule has 0 aliphatic heterocycles. The Balaban J connectivity index is 1.99. The molecule has 0 aromatic heterocycles. The number of hydrazone groups is 1. The monoisotopic (exact) mass is 354 g/mol. The maximum atomic E-state index is 6.00. The Morgan fingerprint density at radius 2 is 1.33 bits per heavy atom. The standard InChI is InChI=1S/C20H16Cl2N2/c1-14-3-2-4-19(13-14)23-24-20(15-5-9-17(21)10-6-15)16-7-11-18(22)12-8-16/h2-13,23H,1H3. The van der Waals surface area contributed by atoms with Gasteiger partial charge in [0, 0.05) is 21.2 Å². The average Bonchev–Trinajstić information content (AvgIpc) is 2.58. The fourth-order valence-electron chi connectivity index (χ4n) is 2.35. The fourth-order valence-corrected chi connectivity index (χ4v) is 2.60. The summed E-state index contributed by atoms with van der Waals surface area (Å²) in [7, 11) is 0. The van der Waals surface area contributed by atoms with Gasteiger partial charge in [-0.15, -0.1) is 0 Å². The smallest absolute Gasteiger partial charge is 0.0978 e. The van der Waals surface area contributed by atoms with E-state index in [2.05, 4.69) is 10.5 Å². The van der Waals surface area contributed by atoms with Crippen LogP contribution >= 0.6 is 23.2 Å². The number of nitrogens with one attached hydrogen (secondary N) is 1. The lowest BCUT2D eigenvalue weighted by atomic mass is 10.0. The van der Waals surface area contributed by atoms with Crippen LogP contribution in [0.1, 0.15) is 16.7 Å². The first-order valence-corrected chi connectivity index (χ1v) is 8.30. The summed E-state index contributed by atoms with van der Waals surface area (Å²) < 4.78 is 0. The van der Waals surface area contributed by atoms with E-state index in [1.165, 1.54) is 5.56 Å². The summed E-state index contributed by atoms with van der Waals surface area (Å²) in [6, 6.07) is 23.3. The number of aryl methyl sites for hydroxylation is 1. The molecule has 3 aromatic rings. The van der Waals surface area contributed by atoms with Crippen LogP contribution < -0.4 is 5.43 Å². The lowest BCUT2D eigenvalue weighted by Gasteiger charge is -2.09. The molecule has 0 aliphatic rings. The van der Waals surface area contributed by atoms with Crippen molar-refractivity contribution < 1.29 is 0 Å². The topological polar surface area (TPSA) is 24.4 Å². The molecule has 0 spiro atoms. The van der Waals surface area contributed by atoms with Gasteiger partial charge in [-0.25, -0.2) is 0 Å². The van der Waals surface area contributed by atoms with Crippen molar-refractivity contribution in [1.29, 1.82) is 0 Å². The van der Waals surface area contributed by atoms with Gasteiger partial charge in [0.05, 0.1) is 11.4 Å². The first-order valence-electron chi connectivity index (χ1n) is 7.54. The van der Waals surface area contributed by atoms with Crippen molar-refractivity contribution in [3.63, 3.8) is 0 Å². The number of hydrogen-bond donors (Lipinski definition) is 1. The highest BCUT2D eigenvalue weighted by Gasteiger charge is 2.08. The normalized spacial score (nSPS) is 10.3. The van der Waals surface area contributed by atoms with E-state index in [4.69, 9.17) is 23.2 Å². The number of anilines is 1. The highest BCUT2D eigenvalue weighted by molar-refractivity contribution is 6.31. The van der Waals surface area contributed by atoms with Crippen LogP contribution in [0.2, 0.25) is 10.0 Å². The third-order valence-corrected chi connectivity index (χ3v) is 4.05. The van der Waals surface area contributed by atoms with Crippen LogP contribution in [0.3, 0.4) is 0 Å². The van der Waals surface area contributed by atoms with Gasteiger partial charge in [-0.05, 0) is 48.9 Å². The maximum Gasteiger partial charge on any atom is 0.0978 e. The van der Waals surface area contributed by atoms with Crippen molar-refractivity contribution in [2.75, 3.05) is 5.43 Å². The molecule has 0 fully saturated rings. The van der Waals surface area contributed by atoms with Gasteiger partial charge in [0.1, 0.15) is 0 Å². The van der Waals surface area contributed by atoms with Gasteiger partial charge in [0.15, 0.2) is 0 Å². The van der Waals surface area contributed by atoms with Crippen molar-refractivity contribution in [3.8, 4) is 0 Å². The first kappa shape index (κ1) is 16.6. The molecule has 0 unspecified atom stereocenters. The number of hydrogen-bond acceptors (Lipinski definition) is 2. The molecule has 0 bridgehead atoms. The first-order chi connectivity index (χ1) is 11.6. The third-order valence-electron chi connectivity index (χ3n) is 3.55. The summed E-state index contributed by atoms with van der Waals surface area (Å²) in [6.07, 6.45) is 0. The number of benzene rings is 3. The summed E-state index contributed by atoms with van der Waals surface area (Å²) in [5.74, 6) is 0. The lowest BCUT2D eigenvalue weighted by Crippen LogP contribution is -2.06. The molecule has 4 heteroatoms. The van der Waals surface area contributed by atoms with Gasteiger partial charge < -0.3 is 0 Å². The summed E-state index contributed by atoms with van der Waals surface area (Å²) >= 11 is 12.0. The van der Waals surface area contributed by atoms with Crippen LogP contribution in [-0.4, -0.2) is 5.71 Å². The highest BCUT2D eigenvalue weighted by atomic mass is 35.5. The SMILES string of the molecule is Cc1cccc(NN=C(c2ccc(Cl)cc2)c2ccc(Cl)cc2)c1. The van der Waals surface area contributed by atoms with Gasteiger partial charge in [-0.3, -0.25) is 5.43 Å². The number of rotatable bonds is 4. The predicted octanol–water partition coefficient (Wildman–Crippen LogP) is 6.17. The van der Waals surface area contributed by atoms with E-state index < -0.39 is 0 Å². The van der Waals surface area contributed by atoms with E-state index in [0.717, 1.165) is 22.5 Å². The molecule has 0 aliphatic carbocycles. The van der Waals surface area contributed by atoms with Gasteiger partial charge >= 0.3 is 0 Å². The Hall–Kier alpha value is -2.29. The third kappa shape index (κ3) is 4.16. The molecular weight excluding hydrogens is 339 g/mol. The molecule has 2 nitrogen and oxygen atoms in total. The Morgan fingerprint density at radius 3 is 1.83 bits per heavy atom. The molecule has 0 heterocycles. The molecule has 0 saturated heterocycles. The molecule has 24 heavy (non-hydrogen) atoms. The second kappa shape index (κ2) is 7.52. The van der Waals surface area contributed by atoms with Crippen LogP contribution in [0, 0.1) is 6.92 Å². The minimum Gasteiger partial charge on any atom is -0.278 e. The lowest BCUT2D eigenvalue weighted by molar-refractivity contribution is 1.31. The van der Waals surface area contributed by atoms with E-state index in [9.17, 15) is 0 Å². The van der Waals surface area contributed by atoms with Crippen LogP contribution in [0.25, 0.3) is 0 Å². The molecule has 120 valence electrons. The summed E-state index contributed by atoms with van der Waals surface area (Å²) in [5.41, 5.74) is 8.02.